The van der Waals surface area contributed by atoms with E-state index in [1.54, 1.807) is 48.5 Å². The van der Waals surface area contributed by atoms with Gasteiger partial charge in [-0.3, -0.25) is 4.79 Å². The second-order valence-corrected chi connectivity index (χ2v) is 8.37. The first-order valence-electron chi connectivity index (χ1n) is 9.96. The van der Waals surface area contributed by atoms with Crippen molar-refractivity contribution in [3.63, 3.8) is 0 Å². The van der Waals surface area contributed by atoms with Gasteiger partial charge in [-0.05, 0) is 54.8 Å². The van der Waals surface area contributed by atoms with Crippen molar-refractivity contribution >= 4 is 35.1 Å². The van der Waals surface area contributed by atoms with Crippen LogP contribution in [0.4, 0.5) is 0 Å². The lowest BCUT2D eigenvalue weighted by atomic mass is 10.0. The lowest BCUT2D eigenvalue weighted by molar-refractivity contribution is -0.131. The monoisotopic (exact) mass is 454 g/mol. The van der Waals surface area contributed by atoms with Crippen LogP contribution in [-0.4, -0.2) is 33.4 Å². The van der Waals surface area contributed by atoms with E-state index >= 15 is 0 Å². The maximum absolute atomic E-state index is 13.0. The highest BCUT2D eigenvalue weighted by molar-refractivity contribution is 6.31. The number of halogens is 2. The first kappa shape index (κ1) is 21.3. The quantitative estimate of drug-likeness (QED) is 0.539. The van der Waals surface area contributed by atoms with Crippen LogP contribution in [0.1, 0.15) is 40.5 Å². The number of carboxylic acid groups (broad SMARTS) is 1. The molecule has 0 saturated carbocycles. The second-order valence-electron chi connectivity index (χ2n) is 7.50. The molecule has 5 nitrogen and oxygen atoms in total. The number of carbonyl (C=O) groups excluding carboxylic acids is 1. The van der Waals surface area contributed by atoms with Gasteiger partial charge in [-0.2, -0.15) is 0 Å². The van der Waals surface area contributed by atoms with E-state index < -0.39 is 5.97 Å². The molecule has 158 valence electrons. The minimum atomic E-state index is -1.06. The second kappa shape index (κ2) is 9.08. The molecule has 1 amide bonds. The van der Waals surface area contributed by atoms with Gasteiger partial charge in [0.2, 0.25) is 5.91 Å². The van der Waals surface area contributed by atoms with Crippen molar-refractivity contribution in [3.8, 4) is 11.3 Å². The molecular formula is C24H20Cl2N2O3. The normalized spacial score (nSPS) is 15.8. The van der Waals surface area contributed by atoms with Crippen LogP contribution < -0.4 is 0 Å². The first-order chi connectivity index (χ1) is 14.9. The Morgan fingerprint density at radius 3 is 2.52 bits per heavy atom. The Labute approximate surface area is 190 Å². The summed E-state index contributed by atoms with van der Waals surface area (Å²) in [5.74, 6) is -1.05. The van der Waals surface area contributed by atoms with Gasteiger partial charge in [-0.1, -0.05) is 47.5 Å². The fraction of sp³-hybridized carbons (Fsp3) is 0.208. The number of amides is 1. The van der Waals surface area contributed by atoms with Gasteiger partial charge < -0.3 is 10.0 Å². The zero-order valence-corrected chi connectivity index (χ0v) is 18.1. The van der Waals surface area contributed by atoms with Gasteiger partial charge in [0.05, 0.1) is 29.4 Å². The van der Waals surface area contributed by atoms with Crippen LogP contribution in [0, 0.1) is 0 Å². The number of hydrogen-bond acceptors (Lipinski definition) is 3. The third-order valence-electron chi connectivity index (χ3n) is 5.43. The third-order valence-corrected chi connectivity index (χ3v) is 5.92. The lowest BCUT2D eigenvalue weighted by Gasteiger charge is -2.25. The molecule has 2 aromatic carbocycles. The Kier molecular flexibility index (Phi) is 6.25. The Morgan fingerprint density at radius 2 is 1.81 bits per heavy atom. The molecule has 1 N–H and O–H groups in total. The number of carbonyl (C=O) groups is 2. The molecule has 0 bridgehead atoms. The number of benzene rings is 2. The van der Waals surface area contributed by atoms with Crippen molar-refractivity contribution in [1.82, 2.24) is 9.88 Å². The van der Waals surface area contributed by atoms with E-state index in [-0.39, 0.29) is 23.9 Å². The first-order valence-corrected chi connectivity index (χ1v) is 10.7. The number of carboxylic acids is 1. The molecule has 2 heterocycles. The fourth-order valence-electron chi connectivity index (χ4n) is 3.94. The molecule has 1 atom stereocenters. The molecule has 31 heavy (non-hydrogen) atoms. The van der Waals surface area contributed by atoms with E-state index in [1.807, 2.05) is 17.0 Å². The molecule has 0 spiro atoms. The fourth-order valence-corrected chi connectivity index (χ4v) is 4.26. The standard InChI is InChI=1S/C24H20Cl2N2O3/c25-17-8-6-15(7-9-17)13-22(29)28-12-2-5-21(28)20-11-10-19(24(30)31)23(27-20)16-3-1-4-18(26)14-16/h1,3-4,6-11,14,21H,2,5,12-13H2,(H,30,31). The van der Waals surface area contributed by atoms with E-state index in [4.69, 9.17) is 23.2 Å². The van der Waals surface area contributed by atoms with Gasteiger partial charge in [-0.15, -0.1) is 0 Å². The summed E-state index contributed by atoms with van der Waals surface area (Å²) in [6.45, 7) is 0.645. The number of aromatic nitrogens is 1. The highest BCUT2D eigenvalue weighted by atomic mass is 35.5. The van der Waals surface area contributed by atoms with Crippen molar-refractivity contribution < 1.29 is 14.7 Å². The predicted octanol–water partition coefficient (Wildman–Crippen LogP) is 5.66. The van der Waals surface area contributed by atoms with Crippen LogP contribution in [0.15, 0.2) is 60.7 Å². The highest BCUT2D eigenvalue weighted by Crippen LogP contribution is 2.34. The summed E-state index contributed by atoms with van der Waals surface area (Å²) in [6, 6.07) is 17.3. The van der Waals surface area contributed by atoms with E-state index in [0.717, 1.165) is 18.4 Å². The maximum atomic E-state index is 13.0. The number of likely N-dealkylation sites (tertiary alicyclic amines) is 1. The molecule has 1 aliphatic rings. The zero-order chi connectivity index (χ0) is 22.0. The molecule has 1 fully saturated rings. The van der Waals surface area contributed by atoms with Gasteiger partial charge in [0, 0.05) is 22.2 Å². The van der Waals surface area contributed by atoms with E-state index in [0.29, 0.717) is 33.5 Å². The van der Waals surface area contributed by atoms with Crippen LogP contribution in [0.2, 0.25) is 10.0 Å². The van der Waals surface area contributed by atoms with Crippen LogP contribution in [0.25, 0.3) is 11.3 Å². The number of aromatic carboxylic acids is 1. The molecule has 7 heteroatoms. The average Bonchev–Trinajstić information content (AvgIpc) is 3.25. The van der Waals surface area contributed by atoms with Gasteiger partial charge in [0.25, 0.3) is 0 Å². The van der Waals surface area contributed by atoms with Crippen molar-refractivity contribution in [2.24, 2.45) is 0 Å². The zero-order valence-electron chi connectivity index (χ0n) is 16.6. The summed E-state index contributed by atoms with van der Waals surface area (Å²) in [7, 11) is 0. The lowest BCUT2D eigenvalue weighted by Crippen LogP contribution is -2.32. The van der Waals surface area contributed by atoms with Crippen molar-refractivity contribution in [2.45, 2.75) is 25.3 Å². The number of nitrogens with zero attached hydrogens (tertiary/aromatic N) is 2. The average molecular weight is 455 g/mol. The van der Waals surface area contributed by atoms with E-state index in [1.165, 1.54) is 0 Å². The summed E-state index contributed by atoms with van der Waals surface area (Å²) < 4.78 is 0. The molecule has 1 aromatic heterocycles. The van der Waals surface area contributed by atoms with Gasteiger partial charge in [0.1, 0.15) is 0 Å². The van der Waals surface area contributed by atoms with Crippen molar-refractivity contribution in [2.75, 3.05) is 6.54 Å². The molecule has 1 saturated heterocycles. The van der Waals surface area contributed by atoms with Crippen LogP contribution in [-0.2, 0) is 11.2 Å². The molecule has 0 radical (unpaired) electrons. The Bertz CT molecular complexity index is 1130. The topological polar surface area (TPSA) is 70.5 Å². The van der Waals surface area contributed by atoms with Crippen molar-refractivity contribution in [3.05, 3.63) is 87.5 Å². The molecule has 4 rings (SSSR count). The summed E-state index contributed by atoms with van der Waals surface area (Å²) in [5, 5.41) is 10.8. The minimum absolute atomic E-state index is 0.0123. The van der Waals surface area contributed by atoms with Crippen LogP contribution in [0.3, 0.4) is 0 Å². The molecule has 3 aromatic rings. The maximum Gasteiger partial charge on any atom is 0.337 e. The van der Waals surface area contributed by atoms with Gasteiger partial charge >= 0.3 is 5.97 Å². The SMILES string of the molecule is O=C(O)c1ccc(C2CCCN2C(=O)Cc2ccc(Cl)cc2)nc1-c1cccc(Cl)c1. The Morgan fingerprint density at radius 1 is 1.03 bits per heavy atom. The summed E-state index contributed by atoms with van der Waals surface area (Å²) in [6.07, 6.45) is 1.93. The molecule has 0 aliphatic carbocycles. The summed E-state index contributed by atoms with van der Waals surface area (Å²) >= 11 is 12.0. The predicted molar refractivity (Wildman–Crippen MR) is 120 cm³/mol. The largest absolute Gasteiger partial charge is 0.478 e. The molecule has 1 unspecified atom stereocenters. The highest BCUT2D eigenvalue weighted by Gasteiger charge is 2.31. The number of pyridine rings is 1. The summed E-state index contributed by atoms with van der Waals surface area (Å²) in [4.78, 5) is 31.3. The van der Waals surface area contributed by atoms with Gasteiger partial charge in [0.15, 0.2) is 0 Å². The van der Waals surface area contributed by atoms with E-state index in [9.17, 15) is 14.7 Å². The Hall–Kier alpha value is -2.89. The molecule has 1 aliphatic heterocycles. The van der Waals surface area contributed by atoms with Crippen LogP contribution >= 0.6 is 23.2 Å². The van der Waals surface area contributed by atoms with Gasteiger partial charge in [-0.25, -0.2) is 9.78 Å². The van der Waals surface area contributed by atoms with E-state index in [2.05, 4.69) is 4.98 Å². The summed E-state index contributed by atoms with van der Waals surface area (Å²) in [5.41, 5.74) is 2.66. The minimum Gasteiger partial charge on any atom is -0.478 e. The smallest absolute Gasteiger partial charge is 0.337 e. The number of rotatable bonds is 5. The number of hydrogen-bond donors (Lipinski definition) is 1. The Balaban J connectivity index is 1.64. The van der Waals surface area contributed by atoms with Crippen LogP contribution in [0.5, 0.6) is 0 Å². The molecular weight excluding hydrogens is 435 g/mol. The van der Waals surface area contributed by atoms with Crippen molar-refractivity contribution in [1.29, 1.82) is 0 Å². The third kappa shape index (κ3) is 4.73.